The molecule has 1 saturated heterocycles. The lowest BCUT2D eigenvalue weighted by atomic mass is 9.96. The summed E-state index contributed by atoms with van der Waals surface area (Å²) in [5.74, 6) is 1.74. The Balaban J connectivity index is 1.36. The van der Waals surface area contributed by atoms with Crippen molar-refractivity contribution in [3.05, 3.63) is 46.1 Å². The van der Waals surface area contributed by atoms with E-state index >= 15 is 0 Å². The Morgan fingerprint density at radius 2 is 1.87 bits per heavy atom. The van der Waals surface area contributed by atoms with Crippen molar-refractivity contribution in [2.24, 2.45) is 5.92 Å². The van der Waals surface area contributed by atoms with Gasteiger partial charge in [-0.2, -0.15) is 9.61 Å². The number of carbonyl (C=O) groups is 1. The van der Waals surface area contributed by atoms with Crippen molar-refractivity contribution in [3.8, 4) is 0 Å². The van der Waals surface area contributed by atoms with Crippen LogP contribution in [0, 0.1) is 5.92 Å². The molecule has 0 bridgehead atoms. The first kappa shape index (κ1) is 21.0. The number of aromatic nitrogens is 6. The van der Waals surface area contributed by atoms with Crippen molar-refractivity contribution in [3.63, 3.8) is 0 Å². The number of nitrogens with zero attached hydrogens (tertiary/aromatic N) is 7. The summed E-state index contributed by atoms with van der Waals surface area (Å²) < 4.78 is 3.12. The highest BCUT2D eigenvalue weighted by Gasteiger charge is 2.29. The molecular formula is C21H28N8O2. The van der Waals surface area contributed by atoms with Crippen LogP contribution in [0.2, 0.25) is 0 Å². The predicted molar refractivity (Wildman–Crippen MR) is 116 cm³/mol. The Morgan fingerprint density at radius 1 is 1.13 bits per heavy atom. The predicted octanol–water partition coefficient (Wildman–Crippen LogP) is 1.43. The van der Waals surface area contributed by atoms with Crippen LogP contribution in [0.5, 0.6) is 0 Å². The molecule has 0 spiro atoms. The van der Waals surface area contributed by atoms with Gasteiger partial charge in [-0.15, -0.1) is 15.3 Å². The van der Waals surface area contributed by atoms with E-state index in [1.54, 1.807) is 4.52 Å². The average molecular weight is 425 g/mol. The van der Waals surface area contributed by atoms with Crippen molar-refractivity contribution in [2.45, 2.75) is 46.1 Å². The van der Waals surface area contributed by atoms with Gasteiger partial charge in [0, 0.05) is 37.0 Å². The molecule has 1 aliphatic heterocycles. The van der Waals surface area contributed by atoms with Crippen LogP contribution in [0.4, 0.5) is 5.82 Å². The summed E-state index contributed by atoms with van der Waals surface area (Å²) in [6.07, 6.45) is 0. The summed E-state index contributed by atoms with van der Waals surface area (Å²) >= 11 is 0. The molecule has 31 heavy (non-hydrogen) atoms. The Hall–Kier alpha value is -3.30. The van der Waals surface area contributed by atoms with Gasteiger partial charge in [0.25, 0.3) is 11.5 Å². The lowest BCUT2D eigenvalue weighted by molar-refractivity contribution is 0.0936. The molecule has 1 amide bonds. The zero-order valence-corrected chi connectivity index (χ0v) is 18.5. The monoisotopic (exact) mass is 424 g/mol. The van der Waals surface area contributed by atoms with Gasteiger partial charge in [-0.25, -0.2) is 4.68 Å². The molecule has 1 fully saturated rings. The Morgan fingerprint density at radius 3 is 2.55 bits per heavy atom. The third kappa shape index (κ3) is 4.14. The maximum Gasteiger partial charge on any atom is 0.271 e. The third-order valence-corrected chi connectivity index (χ3v) is 5.30. The van der Waals surface area contributed by atoms with Crippen molar-refractivity contribution >= 4 is 17.4 Å². The fourth-order valence-corrected chi connectivity index (χ4v) is 3.55. The van der Waals surface area contributed by atoms with Crippen LogP contribution in [0.1, 0.15) is 57.0 Å². The average Bonchev–Trinajstić information content (AvgIpc) is 3.10. The van der Waals surface area contributed by atoms with Crippen molar-refractivity contribution < 1.29 is 4.79 Å². The normalized spacial score (nSPS) is 14.8. The van der Waals surface area contributed by atoms with E-state index in [0.29, 0.717) is 12.5 Å². The zero-order chi connectivity index (χ0) is 22.3. The van der Waals surface area contributed by atoms with Crippen LogP contribution in [0.25, 0.3) is 5.65 Å². The molecule has 0 atom stereocenters. The fraction of sp³-hybridized carbons (Fsp3) is 0.524. The molecular weight excluding hydrogens is 396 g/mol. The minimum atomic E-state index is -0.272. The van der Waals surface area contributed by atoms with Crippen LogP contribution in [-0.4, -0.2) is 55.1 Å². The molecule has 0 unspecified atom stereocenters. The smallest absolute Gasteiger partial charge is 0.271 e. The van der Waals surface area contributed by atoms with Gasteiger partial charge < -0.3 is 10.2 Å². The third-order valence-electron chi connectivity index (χ3n) is 5.30. The molecule has 4 heterocycles. The zero-order valence-electron chi connectivity index (χ0n) is 18.5. The van der Waals surface area contributed by atoms with Crippen LogP contribution >= 0.6 is 0 Å². The number of rotatable bonds is 5. The molecule has 0 radical (unpaired) electrons. The van der Waals surface area contributed by atoms with Gasteiger partial charge in [0.2, 0.25) is 0 Å². The molecule has 0 aromatic carbocycles. The highest BCUT2D eigenvalue weighted by Crippen LogP contribution is 2.25. The molecule has 1 aliphatic rings. The number of carbonyl (C=O) groups excluding carboxylic acids is 1. The summed E-state index contributed by atoms with van der Waals surface area (Å²) in [4.78, 5) is 26.4. The van der Waals surface area contributed by atoms with Gasteiger partial charge in [-0.1, -0.05) is 20.8 Å². The second-order valence-corrected chi connectivity index (χ2v) is 9.31. The molecule has 10 nitrogen and oxygen atoms in total. The molecule has 3 aromatic heterocycles. The molecule has 0 saturated carbocycles. The number of nitrogens with one attached hydrogen (secondary N) is 1. The Bertz CT molecular complexity index is 1170. The van der Waals surface area contributed by atoms with E-state index in [9.17, 15) is 9.59 Å². The van der Waals surface area contributed by atoms with Crippen molar-refractivity contribution in [1.29, 1.82) is 0 Å². The minimum absolute atomic E-state index is 0.102. The molecule has 164 valence electrons. The van der Waals surface area contributed by atoms with Gasteiger partial charge in [-0.3, -0.25) is 9.59 Å². The lowest BCUT2D eigenvalue weighted by Crippen LogP contribution is -2.52. The van der Waals surface area contributed by atoms with E-state index in [2.05, 4.69) is 46.3 Å². The van der Waals surface area contributed by atoms with Gasteiger partial charge >= 0.3 is 0 Å². The summed E-state index contributed by atoms with van der Waals surface area (Å²) in [7, 11) is 0. The molecule has 3 aromatic rings. The van der Waals surface area contributed by atoms with E-state index in [1.807, 2.05) is 26.0 Å². The number of anilines is 1. The van der Waals surface area contributed by atoms with Gasteiger partial charge in [-0.05, 0) is 32.0 Å². The molecule has 1 N–H and O–H groups in total. The van der Waals surface area contributed by atoms with Crippen molar-refractivity contribution in [2.75, 3.05) is 24.5 Å². The Kier molecular flexibility index (Phi) is 5.24. The fourth-order valence-electron chi connectivity index (χ4n) is 3.55. The summed E-state index contributed by atoms with van der Waals surface area (Å²) in [5, 5.41) is 20.3. The largest absolute Gasteiger partial charge is 0.354 e. The summed E-state index contributed by atoms with van der Waals surface area (Å²) in [6, 6.07) is 6.62. The SMILES string of the molecule is CC(C)n1nc(C(=O)NCC2CN(c3ccc4nnc(C(C)(C)C)n4n3)C2)ccc1=O. The number of hydrogen-bond donors (Lipinski definition) is 1. The number of fused-ring (bicyclic) bond motifs is 1. The van der Waals surface area contributed by atoms with Crippen LogP contribution in [0.15, 0.2) is 29.1 Å². The quantitative estimate of drug-likeness (QED) is 0.660. The standard InChI is InChI=1S/C21H28N8O2/c1-13(2)28-18(30)9-6-15(25-28)19(31)22-10-14-11-27(12-14)17-8-7-16-23-24-20(21(3,4)5)29(16)26-17/h6-9,13-14H,10-12H2,1-5H3,(H,22,31). The van der Waals surface area contributed by atoms with Gasteiger partial charge in [0.1, 0.15) is 11.5 Å². The van der Waals surface area contributed by atoms with E-state index < -0.39 is 0 Å². The highest BCUT2D eigenvalue weighted by atomic mass is 16.2. The van der Waals surface area contributed by atoms with E-state index in [-0.39, 0.29) is 28.6 Å². The molecule has 0 aliphatic carbocycles. The first-order valence-electron chi connectivity index (χ1n) is 10.5. The first-order chi connectivity index (χ1) is 14.6. The van der Waals surface area contributed by atoms with Gasteiger partial charge in [0.05, 0.1) is 6.04 Å². The molecule has 4 rings (SSSR count). The maximum absolute atomic E-state index is 12.4. The number of amides is 1. The van der Waals surface area contributed by atoms with Crippen LogP contribution < -0.4 is 15.8 Å². The second kappa shape index (κ2) is 7.75. The maximum atomic E-state index is 12.4. The van der Waals surface area contributed by atoms with Crippen molar-refractivity contribution in [1.82, 2.24) is 34.9 Å². The van der Waals surface area contributed by atoms with Gasteiger partial charge in [0.15, 0.2) is 11.5 Å². The van der Waals surface area contributed by atoms with Crippen LogP contribution in [-0.2, 0) is 5.41 Å². The molecule has 10 heteroatoms. The highest BCUT2D eigenvalue weighted by molar-refractivity contribution is 5.92. The minimum Gasteiger partial charge on any atom is -0.354 e. The van der Waals surface area contributed by atoms with E-state index in [1.165, 1.54) is 16.8 Å². The summed E-state index contributed by atoms with van der Waals surface area (Å²) in [6.45, 7) is 12.1. The van der Waals surface area contributed by atoms with Crippen LogP contribution in [0.3, 0.4) is 0 Å². The topological polar surface area (TPSA) is 110 Å². The number of hydrogen-bond acceptors (Lipinski definition) is 7. The second-order valence-electron chi connectivity index (χ2n) is 9.31. The lowest BCUT2D eigenvalue weighted by Gasteiger charge is -2.40. The summed E-state index contributed by atoms with van der Waals surface area (Å²) in [5.41, 5.74) is 0.610. The van der Waals surface area contributed by atoms with E-state index in [0.717, 1.165) is 30.4 Å². The Labute approximate surface area is 180 Å². The first-order valence-corrected chi connectivity index (χ1v) is 10.5. The van der Waals surface area contributed by atoms with E-state index in [4.69, 9.17) is 5.10 Å².